The van der Waals surface area contributed by atoms with Crippen LogP contribution in [0.1, 0.15) is 53.8 Å². The van der Waals surface area contributed by atoms with Crippen LogP contribution in [0, 0.1) is 0 Å². The van der Waals surface area contributed by atoms with Crippen molar-refractivity contribution in [1.29, 1.82) is 0 Å². The predicted octanol–water partition coefficient (Wildman–Crippen LogP) is 4.65. The highest BCUT2D eigenvalue weighted by Crippen LogP contribution is 2.29. The maximum atomic E-state index is 13.3. The number of rotatable bonds is 9. The molecule has 0 aliphatic carbocycles. The summed E-state index contributed by atoms with van der Waals surface area (Å²) in [4.78, 5) is 31.5. The third-order valence-corrected chi connectivity index (χ3v) is 4.05. The zero-order valence-electron chi connectivity index (χ0n) is 19.5. The number of esters is 1. The Balaban J connectivity index is 2.22. The summed E-state index contributed by atoms with van der Waals surface area (Å²) in [6, 6.07) is 4.69. The Labute approximate surface area is 190 Å². The molecule has 9 nitrogen and oxygen atoms in total. The lowest BCUT2D eigenvalue weighted by Gasteiger charge is -2.25. The van der Waals surface area contributed by atoms with Crippen LogP contribution in [0.5, 0.6) is 5.88 Å². The van der Waals surface area contributed by atoms with Crippen LogP contribution in [0.3, 0.4) is 0 Å². The standard InChI is InChI=1S/C22H29F2N3O6/c1-7-30-19(28)22(5,6)27-13-8-9-15-14(12-13)18(26-17(25-15)16(23)24)31-10-11-32-20(29)33-21(2,3)4/h8-9,12,16,27H,7,10-11H2,1-6H3. The molecule has 0 saturated heterocycles. The number of nitrogens with one attached hydrogen (secondary N) is 1. The van der Waals surface area contributed by atoms with Gasteiger partial charge in [-0.15, -0.1) is 0 Å². The molecule has 1 aromatic heterocycles. The zero-order chi connectivity index (χ0) is 24.8. The molecule has 33 heavy (non-hydrogen) atoms. The van der Waals surface area contributed by atoms with Crippen LogP contribution in [0.2, 0.25) is 0 Å². The van der Waals surface area contributed by atoms with Crippen molar-refractivity contribution in [2.24, 2.45) is 0 Å². The van der Waals surface area contributed by atoms with Crippen molar-refractivity contribution in [3.8, 4) is 5.88 Å². The minimum atomic E-state index is -2.91. The van der Waals surface area contributed by atoms with E-state index in [9.17, 15) is 18.4 Å². The van der Waals surface area contributed by atoms with Crippen LogP contribution in [-0.4, -0.2) is 53.1 Å². The van der Waals surface area contributed by atoms with Gasteiger partial charge in [0.2, 0.25) is 5.88 Å². The van der Waals surface area contributed by atoms with Crippen molar-refractivity contribution in [2.75, 3.05) is 25.1 Å². The van der Waals surface area contributed by atoms with Crippen molar-refractivity contribution in [2.45, 2.75) is 59.1 Å². The van der Waals surface area contributed by atoms with E-state index in [2.05, 4.69) is 15.3 Å². The van der Waals surface area contributed by atoms with Crippen molar-refractivity contribution in [1.82, 2.24) is 9.97 Å². The second-order valence-corrected chi connectivity index (χ2v) is 8.55. The van der Waals surface area contributed by atoms with E-state index in [0.717, 1.165) is 0 Å². The first kappa shape index (κ1) is 26.0. The number of nitrogens with zero attached hydrogens (tertiary/aromatic N) is 2. The molecule has 0 bridgehead atoms. The summed E-state index contributed by atoms with van der Waals surface area (Å²) in [6.45, 7) is 9.98. The normalized spacial score (nSPS) is 11.9. The first-order valence-electron chi connectivity index (χ1n) is 10.4. The predicted molar refractivity (Wildman–Crippen MR) is 117 cm³/mol. The second kappa shape index (κ2) is 10.6. The smallest absolute Gasteiger partial charge is 0.474 e. The van der Waals surface area contributed by atoms with Crippen LogP contribution in [0.25, 0.3) is 10.9 Å². The fourth-order valence-electron chi connectivity index (χ4n) is 2.67. The second-order valence-electron chi connectivity index (χ2n) is 8.55. The van der Waals surface area contributed by atoms with Crippen LogP contribution >= 0.6 is 0 Å². The van der Waals surface area contributed by atoms with E-state index < -0.39 is 35.5 Å². The molecule has 0 aliphatic rings. The van der Waals surface area contributed by atoms with Gasteiger partial charge in [0.15, 0.2) is 5.82 Å². The third kappa shape index (κ3) is 7.69. The molecule has 2 aromatic rings. The summed E-state index contributed by atoms with van der Waals surface area (Å²) in [5, 5.41) is 3.38. The fourth-order valence-corrected chi connectivity index (χ4v) is 2.67. The molecule has 1 aromatic carbocycles. The lowest BCUT2D eigenvalue weighted by Crippen LogP contribution is -2.41. The number of alkyl halides is 2. The van der Waals surface area contributed by atoms with Gasteiger partial charge in [0.25, 0.3) is 6.43 Å². The first-order chi connectivity index (χ1) is 15.3. The number of hydrogen-bond donors (Lipinski definition) is 1. The molecule has 0 spiro atoms. The summed E-state index contributed by atoms with van der Waals surface area (Å²) in [5.74, 6) is -1.26. The minimum absolute atomic E-state index is 0.110. The first-order valence-corrected chi connectivity index (χ1v) is 10.4. The van der Waals surface area contributed by atoms with E-state index >= 15 is 0 Å². The van der Waals surface area contributed by atoms with Crippen LogP contribution in [-0.2, 0) is 19.0 Å². The number of ether oxygens (including phenoxy) is 4. The molecule has 0 aliphatic heterocycles. The highest BCUT2D eigenvalue weighted by Gasteiger charge is 2.29. The summed E-state index contributed by atoms with van der Waals surface area (Å²) in [7, 11) is 0. The van der Waals surface area contributed by atoms with Gasteiger partial charge in [0.1, 0.15) is 24.4 Å². The Kier molecular flexibility index (Phi) is 8.34. The van der Waals surface area contributed by atoms with Gasteiger partial charge in [-0.05, 0) is 59.7 Å². The maximum Gasteiger partial charge on any atom is 0.508 e. The Morgan fingerprint density at radius 3 is 2.36 bits per heavy atom. The van der Waals surface area contributed by atoms with Gasteiger partial charge in [-0.25, -0.2) is 23.4 Å². The quantitative estimate of drug-likeness (QED) is 0.414. The lowest BCUT2D eigenvalue weighted by molar-refractivity contribution is -0.147. The monoisotopic (exact) mass is 469 g/mol. The topological polar surface area (TPSA) is 109 Å². The molecular weight excluding hydrogens is 440 g/mol. The average Bonchev–Trinajstić information content (AvgIpc) is 2.69. The molecule has 182 valence electrons. The molecule has 0 fully saturated rings. The van der Waals surface area contributed by atoms with Gasteiger partial charge >= 0.3 is 12.1 Å². The molecule has 1 N–H and O–H groups in total. The van der Waals surface area contributed by atoms with Crippen molar-refractivity contribution >= 4 is 28.7 Å². The zero-order valence-corrected chi connectivity index (χ0v) is 19.5. The van der Waals surface area contributed by atoms with Gasteiger partial charge in [-0.1, -0.05) is 0 Å². The van der Waals surface area contributed by atoms with Crippen molar-refractivity contribution < 1.29 is 37.3 Å². The molecule has 0 atom stereocenters. The van der Waals surface area contributed by atoms with Gasteiger partial charge in [-0.3, -0.25) is 0 Å². The fraction of sp³-hybridized carbons (Fsp3) is 0.545. The maximum absolute atomic E-state index is 13.3. The number of benzene rings is 1. The molecule has 1 heterocycles. The van der Waals surface area contributed by atoms with E-state index in [-0.39, 0.29) is 31.2 Å². The summed E-state index contributed by atoms with van der Waals surface area (Å²) in [6.07, 6.45) is -3.78. The Morgan fingerprint density at radius 2 is 1.76 bits per heavy atom. The highest BCUT2D eigenvalue weighted by molar-refractivity contribution is 5.89. The molecular formula is C22H29F2N3O6. The van der Waals surface area contributed by atoms with Gasteiger partial charge in [0.05, 0.1) is 17.5 Å². The third-order valence-electron chi connectivity index (χ3n) is 4.05. The van der Waals surface area contributed by atoms with Crippen LogP contribution in [0.4, 0.5) is 19.3 Å². The van der Waals surface area contributed by atoms with E-state index in [1.165, 1.54) is 6.07 Å². The minimum Gasteiger partial charge on any atom is -0.474 e. The number of carbonyl (C=O) groups is 2. The molecule has 0 amide bonds. The number of fused-ring (bicyclic) bond motifs is 1. The molecule has 11 heteroatoms. The van der Waals surface area contributed by atoms with Crippen molar-refractivity contribution in [3.63, 3.8) is 0 Å². The summed E-state index contributed by atoms with van der Waals surface area (Å²) < 4.78 is 47.1. The Bertz CT molecular complexity index is 992. The van der Waals surface area contributed by atoms with E-state index in [0.29, 0.717) is 11.1 Å². The number of aromatic nitrogens is 2. The molecule has 2 rings (SSSR count). The number of carbonyl (C=O) groups excluding carboxylic acids is 2. The van der Waals surface area contributed by atoms with Crippen LogP contribution < -0.4 is 10.1 Å². The van der Waals surface area contributed by atoms with Gasteiger partial charge in [-0.2, -0.15) is 4.98 Å². The van der Waals surface area contributed by atoms with Gasteiger partial charge < -0.3 is 24.3 Å². The van der Waals surface area contributed by atoms with E-state index in [1.807, 2.05) is 0 Å². The van der Waals surface area contributed by atoms with E-state index in [1.54, 1.807) is 53.7 Å². The van der Waals surface area contributed by atoms with Crippen LogP contribution in [0.15, 0.2) is 18.2 Å². The van der Waals surface area contributed by atoms with Gasteiger partial charge in [0, 0.05) is 5.69 Å². The number of hydrogen-bond acceptors (Lipinski definition) is 9. The average molecular weight is 469 g/mol. The summed E-state index contributed by atoms with van der Waals surface area (Å²) in [5.41, 5.74) is -1.03. The molecule has 0 unspecified atom stereocenters. The number of anilines is 1. The summed E-state index contributed by atoms with van der Waals surface area (Å²) >= 11 is 0. The molecule has 0 radical (unpaired) electrons. The highest BCUT2D eigenvalue weighted by atomic mass is 19.3. The number of halogens is 2. The van der Waals surface area contributed by atoms with E-state index in [4.69, 9.17) is 18.9 Å². The lowest BCUT2D eigenvalue weighted by atomic mass is 10.1. The van der Waals surface area contributed by atoms with Crippen molar-refractivity contribution in [3.05, 3.63) is 24.0 Å². The SMILES string of the molecule is CCOC(=O)C(C)(C)Nc1ccc2nc(C(F)F)nc(OCCOC(=O)OC(C)(C)C)c2c1. The molecule has 0 saturated carbocycles. The Morgan fingerprint density at radius 1 is 1.06 bits per heavy atom. The largest absolute Gasteiger partial charge is 0.508 e. The Hall–Kier alpha value is -3.24.